The van der Waals surface area contributed by atoms with Gasteiger partial charge < -0.3 is 5.11 Å². The molecule has 15 heavy (non-hydrogen) atoms. The Morgan fingerprint density at radius 2 is 1.67 bits per heavy atom. The SMILES string of the molecule is OCc1cc(S(F)(F)(F)(F)F)ccc1Br. The van der Waals surface area contributed by atoms with E-state index in [1.54, 1.807) is 0 Å². The second kappa shape index (κ2) is 2.86. The molecule has 0 aliphatic carbocycles. The summed E-state index contributed by atoms with van der Waals surface area (Å²) in [5, 5.41) is 8.65. The highest BCUT2D eigenvalue weighted by molar-refractivity contribution is 9.10. The second-order valence-electron chi connectivity index (χ2n) is 2.88. The lowest BCUT2D eigenvalue weighted by atomic mass is 10.2. The highest BCUT2D eigenvalue weighted by atomic mass is 79.9. The molecular formula is C7H6BrF5OS. The Hall–Kier alpha value is -0.340. The lowest BCUT2D eigenvalue weighted by Crippen LogP contribution is -2.06. The van der Waals surface area contributed by atoms with Crippen LogP contribution >= 0.6 is 26.2 Å². The number of benzene rings is 1. The first-order valence-corrected chi connectivity index (χ1v) is 6.32. The van der Waals surface area contributed by atoms with Crippen molar-refractivity contribution in [2.75, 3.05) is 0 Å². The minimum Gasteiger partial charge on any atom is -0.392 e. The third-order valence-corrected chi connectivity index (χ3v) is 3.55. The fourth-order valence-electron chi connectivity index (χ4n) is 0.912. The maximum atomic E-state index is 12.3. The topological polar surface area (TPSA) is 20.2 Å². The summed E-state index contributed by atoms with van der Waals surface area (Å²) in [6.45, 7) is -0.748. The van der Waals surface area contributed by atoms with E-state index in [-0.39, 0.29) is 22.2 Å². The smallest absolute Gasteiger partial charge is 0.310 e. The minimum absolute atomic E-state index is 0.149. The first-order chi connectivity index (χ1) is 6.44. The van der Waals surface area contributed by atoms with Gasteiger partial charge in [0.05, 0.1) is 6.61 Å². The van der Waals surface area contributed by atoms with Gasteiger partial charge in [-0.3, -0.25) is 0 Å². The van der Waals surface area contributed by atoms with Crippen LogP contribution in [0, 0.1) is 0 Å². The van der Waals surface area contributed by atoms with E-state index in [1.807, 2.05) is 0 Å². The number of aliphatic hydroxyl groups excluding tert-OH is 1. The average Bonchev–Trinajstić information content (AvgIpc) is 2.00. The molecule has 1 nitrogen and oxygen atoms in total. The van der Waals surface area contributed by atoms with E-state index < -0.39 is 21.7 Å². The van der Waals surface area contributed by atoms with Gasteiger partial charge in [0.25, 0.3) is 0 Å². The molecule has 8 heteroatoms. The Bertz CT molecular complexity index is 401. The predicted octanol–water partition coefficient (Wildman–Crippen LogP) is 4.60. The van der Waals surface area contributed by atoms with Gasteiger partial charge in [0, 0.05) is 4.47 Å². The van der Waals surface area contributed by atoms with Crippen molar-refractivity contribution >= 4 is 26.2 Å². The fourth-order valence-corrected chi connectivity index (χ4v) is 1.97. The molecule has 0 spiro atoms. The monoisotopic (exact) mass is 312 g/mol. The molecule has 0 saturated carbocycles. The van der Waals surface area contributed by atoms with Gasteiger partial charge in [-0.25, -0.2) is 0 Å². The van der Waals surface area contributed by atoms with Gasteiger partial charge in [0.1, 0.15) is 4.90 Å². The van der Waals surface area contributed by atoms with Crippen molar-refractivity contribution in [3.05, 3.63) is 28.2 Å². The molecule has 0 aliphatic rings. The Kier molecular flexibility index (Phi) is 2.43. The van der Waals surface area contributed by atoms with E-state index in [0.717, 1.165) is 6.07 Å². The number of aliphatic hydroxyl groups is 1. The molecule has 0 aromatic heterocycles. The third-order valence-electron chi connectivity index (χ3n) is 1.63. The first kappa shape index (κ1) is 12.7. The fraction of sp³-hybridized carbons (Fsp3) is 0.143. The number of halogens is 6. The number of rotatable bonds is 2. The van der Waals surface area contributed by atoms with Gasteiger partial charge >= 0.3 is 10.2 Å². The van der Waals surface area contributed by atoms with E-state index in [9.17, 15) is 19.4 Å². The normalized spacial score (nSPS) is 17.0. The lowest BCUT2D eigenvalue weighted by molar-refractivity contribution is 0.280. The third kappa shape index (κ3) is 3.05. The highest BCUT2D eigenvalue weighted by Gasteiger charge is 2.65. The Balaban J connectivity index is 3.44. The van der Waals surface area contributed by atoms with Gasteiger partial charge in [-0.2, -0.15) is 0 Å². The van der Waals surface area contributed by atoms with E-state index in [2.05, 4.69) is 15.9 Å². The molecule has 0 amide bonds. The van der Waals surface area contributed by atoms with Crippen LogP contribution in [0.4, 0.5) is 19.4 Å². The van der Waals surface area contributed by atoms with Gasteiger partial charge in [-0.15, -0.1) is 0 Å². The summed E-state index contributed by atoms with van der Waals surface area (Å²) in [7, 11) is -9.64. The van der Waals surface area contributed by atoms with Crippen molar-refractivity contribution in [1.82, 2.24) is 0 Å². The van der Waals surface area contributed by atoms with Crippen molar-refractivity contribution in [2.45, 2.75) is 11.5 Å². The van der Waals surface area contributed by atoms with Crippen molar-refractivity contribution < 1.29 is 24.5 Å². The lowest BCUT2D eigenvalue weighted by Gasteiger charge is -2.40. The van der Waals surface area contributed by atoms with E-state index >= 15 is 0 Å². The predicted molar refractivity (Wildman–Crippen MR) is 51.5 cm³/mol. The summed E-state index contributed by atoms with van der Waals surface area (Å²) < 4.78 is 61.6. The van der Waals surface area contributed by atoms with Gasteiger partial charge in [-0.1, -0.05) is 35.4 Å². The Morgan fingerprint density at radius 3 is 2.07 bits per heavy atom. The molecule has 88 valence electrons. The van der Waals surface area contributed by atoms with Gasteiger partial charge in [-0.05, 0) is 23.8 Å². The second-order valence-corrected chi connectivity index (χ2v) is 6.14. The van der Waals surface area contributed by atoms with Crippen molar-refractivity contribution in [3.8, 4) is 0 Å². The molecule has 0 heterocycles. The summed E-state index contributed by atoms with van der Waals surface area (Å²) in [5.41, 5.74) is -0.235. The Labute approximate surface area is 90.8 Å². The zero-order valence-corrected chi connectivity index (χ0v) is 9.46. The van der Waals surface area contributed by atoms with Crippen LogP contribution in [0.25, 0.3) is 0 Å². The number of hydrogen-bond acceptors (Lipinski definition) is 1. The zero-order chi connectivity index (χ0) is 12.0. The van der Waals surface area contributed by atoms with Crippen molar-refractivity contribution in [1.29, 1.82) is 0 Å². The molecule has 0 bridgehead atoms. The molecule has 0 atom stereocenters. The molecule has 1 N–H and O–H groups in total. The Morgan fingerprint density at radius 1 is 1.13 bits per heavy atom. The molecule has 0 aliphatic heterocycles. The average molecular weight is 313 g/mol. The summed E-state index contributed by atoms with van der Waals surface area (Å²) in [6.07, 6.45) is 0. The van der Waals surface area contributed by atoms with Crippen LogP contribution in [-0.2, 0) is 6.61 Å². The molecule has 1 aromatic rings. The molecule has 0 unspecified atom stereocenters. The molecule has 0 saturated heterocycles. The standard InChI is InChI=1S/C7H6BrF5OS/c8-7-2-1-6(3-5(7)4-14)15(9,10,11,12)13/h1-3,14H,4H2. The van der Waals surface area contributed by atoms with Gasteiger partial charge in [0.15, 0.2) is 0 Å². The molecule has 0 fully saturated rings. The van der Waals surface area contributed by atoms with Crippen LogP contribution in [0.1, 0.15) is 5.56 Å². The molecule has 1 aromatic carbocycles. The highest BCUT2D eigenvalue weighted by Crippen LogP contribution is 3.02. The summed E-state index contributed by atoms with van der Waals surface area (Å²) in [4.78, 5) is -2.00. The molecule has 1 rings (SSSR count). The van der Waals surface area contributed by atoms with Crippen LogP contribution in [0.3, 0.4) is 0 Å². The van der Waals surface area contributed by atoms with Crippen LogP contribution < -0.4 is 0 Å². The zero-order valence-electron chi connectivity index (χ0n) is 7.06. The van der Waals surface area contributed by atoms with E-state index in [0.29, 0.717) is 0 Å². The summed E-state index contributed by atoms with van der Waals surface area (Å²) in [5.74, 6) is 0. The summed E-state index contributed by atoms with van der Waals surface area (Å²) in [6, 6.07) is 1.36. The largest absolute Gasteiger partial charge is 0.392 e. The molecule has 0 radical (unpaired) electrons. The van der Waals surface area contributed by atoms with Crippen LogP contribution in [0.15, 0.2) is 27.6 Å². The van der Waals surface area contributed by atoms with Crippen molar-refractivity contribution in [3.63, 3.8) is 0 Å². The maximum Gasteiger partial charge on any atom is 0.310 e. The van der Waals surface area contributed by atoms with E-state index in [1.165, 1.54) is 0 Å². The number of hydrogen-bond donors (Lipinski definition) is 1. The first-order valence-electron chi connectivity index (χ1n) is 3.57. The van der Waals surface area contributed by atoms with Crippen molar-refractivity contribution in [2.24, 2.45) is 0 Å². The maximum absolute atomic E-state index is 12.3. The quantitative estimate of drug-likeness (QED) is 0.791. The van der Waals surface area contributed by atoms with E-state index in [4.69, 9.17) is 5.11 Å². The van der Waals surface area contributed by atoms with Crippen LogP contribution in [-0.4, -0.2) is 5.11 Å². The minimum atomic E-state index is -9.64. The van der Waals surface area contributed by atoms with Crippen LogP contribution in [0.2, 0.25) is 0 Å². The van der Waals surface area contributed by atoms with Crippen LogP contribution in [0.5, 0.6) is 0 Å². The molecular weight excluding hydrogens is 307 g/mol. The summed E-state index contributed by atoms with van der Waals surface area (Å²) >= 11 is 2.83. The van der Waals surface area contributed by atoms with Gasteiger partial charge in [0.2, 0.25) is 0 Å².